The number of hydrogen-bond acceptors (Lipinski definition) is 12. The Labute approximate surface area is 793 Å². The Kier molecular flexibility index (Phi) is 38.7. The molecule has 0 radical (unpaired) electrons. The van der Waals surface area contributed by atoms with Crippen LogP contribution in [0.3, 0.4) is 0 Å². The van der Waals surface area contributed by atoms with E-state index in [9.17, 15) is 0 Å². The lowest BCUT2D eigenvalue weighted by atomic mass is 9.99. The second-order valence-electron chi connectivity index (χ2n) is 34.1. The zero-order valence-electron chi connectivity index (χ0n) is 77.7. The minimum absolute atomic E-state index is 0. The van der Waals surface area contributed by atoms with Gasteiger partial charge in [-0.2, -0.15) is 30.6 Å². The highest BCUT2D eigenvalue weighted by Crippen LogP contribution is 2.36. The van der Waals surface area contributed by atoms with Gasteiger partial charge in [0, 0.05) is 127 Å². The lowest BCUT2D eigenvalue weighted by molar-refractivity contribution is 0.401. The van der Waals surface area contributed by atoms with Crippen LogP contribution in [-0.2, 0) is 26.1 Å². The Bertz CT molecular complexity index is 6040. The third kappa shape index (κ3) is 27.6. The Hall–Kier alpha value is -13.9. The fourth-order valence-corrected chi connectivity index (χ4v) is 17.1. The summed E-state index contributed by atoms with van der Waals surface area (Å²) in [5.74, 6) is 0.662. The van der Waals surface area contributed by atoms with Crippen molar-refractivity contribution in [2.45, 2.75) is 178 Å². The average Bonchev–Trinajstić information content (AvgIpc) is 1.62. The summed E-state index contributed by atoms with van der Waals surface area (Å²) in [5.41, 5.74) is 21.8. The number of benzene rings is 13. The highest BCUT2D eigenvalue weighted by Gasteiger charge is 2.19. The van der Waals surface area contributed by atoms with Gasteiger partial charge in [0.15, 0.2) is 0 Å². The predicted molar refractivity (Wildman–Crippen MR) is 582 cm³/mol. The van der Waals surface area contributed by atoms with E-state index >= 15 is 0 Å². The van der Waals surface area contributed by atoms with Gasteiger partial charge in [-0.1, -0.05) is 309 Å². The molecule has 1 atom stereocenters. The van der Waals surface area contributed by atoms with E-state index in [0.717, 1.165) is 100.0 Å². The van der Waals surface area contributed by atoms with E-state index in [1.165, 1.54) is 174 Å². The molecule has 0 fully saturated rings. The molecular formula is C118H141N15. The summed E-state index contributed by atoms with van der Waals surface area (Å²) in [4.78, 5) is 0. The fraction of sp³-hybridized carbons (Fsp3) is 0.288. The third-order valence-electron chi connectivity index (χ3n) is 24.7. The van der Waals surface area contributed by atoms with Crippen molar-refractivity contribution in [3.8, 4) is 0 Å². The Balaban J connectivity index is 0.000000191. The first-order chi connectivity index (χ1) is 63.9. The number of unbranched alkanes of at least 4 members (excludes halogenated alkanes) is 12. The minimum Gasteiger partial charge on any atom is -0.340 e. The molecule has 0 aliphatic rings. The van der Waals surface area contributed by atoms with Crippen molar-refractivity contribution in [2.75, 3.05) is 72.3 Å². The highest BCUT2D eigenvalue weighted by molar-refractivity contribution is 6.13. The third-order valence-corrected chi connectivity index (χ3v) is 24.7. The summed E-state index contributed by atoms with van der Waals surface area (Å²) < 4.78 is 7.51. The van der Waals surface area contributed by atoms with Crippen molar-refractivity contribution in [3.63, 3.8) is 0 Å². The van der Waals surface area contributed by atoms with Gasteiger partial charge in [0.1, 0.15) is 0 Å². The van der Waals surface area contributed by atoms with Crippen LogP contribution in [0.15, 0.2) is 352 Å². The SMILES string of the molecule is C.C.C.CCCCC(CC)Cn1c2ccc(/C=N/N(C)c3ccccc3)cc2c2cc(/C=N/N(C)c3ccccc3)ccc21.CCCCCCCCCCCCCCn1c2ccc(/C=N/N(C)c3ccccc3)cc2c2cc(/C=N/N(C)c3ccccc3)ccc21.CN(/N=C/c1ccc2c(c1)c1cc(/C=N/N(C)c3ccccc3)ccc1n2CCCc1ccccc1)c1ccccc1. The molecule has 3 heterocycles. The Morgan fingerprint density at radius 1 is 0.241 bits per heavy atom. The zero-order valence-corrected chi connectivity index (χ0v) is 77.7. The summed E-state index contributed by atoms with van der Waals surface area (Å²) in [7, 11) is 11.9. The number of aryl methyl sites for hydroxylation is 3. The van der Waals surface area contributed by atoms with Gasteiger partial charge in [0.05, 0.1) is 71.4 Å². The van der Waals surface area contributed by atoms with Gasteiger partial charge in [0.25, 0.3) is 0 Å². The molecule has 0 N–H and O–H groups in total. The molecule has 3 aromatic heterocycles. The molecule has 688 valence electrons. The summed E-state index contributed by atoms with van der Waals surface area (Å²) in [6.07, 6.45) is 35.1. The van der Waals surface area contributed by atoms with E-state index in [4.69, 9.17) is 30.6 Å². The molecule has 133 heavy (non-hydrogen) atoms. The number of aromatic nitrogens is 3. The lowest BCUT2D eigenvalue weighted by Crippen LogP contribution is -2.10. The number of fused-ring (bicyclic) bond motifs is 9. The molecule has 0 aliphatic heterocycles. The van der Waals surface area contributed by atoms with Crippen LogP contribution in [0, 0.1) is 5.92 Å². The number of para-hydroxylation sites is 6. The van der Waals surface area contributed by atoms with Crippen LogP contribution in [0.5, 0.6) is 0 Å². The number of hydrogen-bond donors (Lipinski definition) is 0. The van der Waals surface area contributed by atoms with Gasteiger partial charge < -0.3 is 13.7 Å². The van der Waals surface area contributed by atoms with Gasteiger partial charge >= 0.3 is 0 Å². The number of anilines is 6. The molecule has 0 saturated heterocycles. The largest absolute Gasteiger partial charge is 0.340 e. The number of hydrazone groups is 6. The van der Waals surface area contributed by atoms with Crippen molar-refractivity contribution < 1.29 is 0 Å². The van der Waals surface area contributed by atoms with Crippen molar-refractivity contribution in [3.05, 3.63) is 360 Å². The lowest BCUT2D eigenvalue weighted by Gasteiger charge is -2.17. The van der Waals surface area contributed by atoms with Gasteiger partial charge in [-0.15, -0.1) is 0 Å². The topological polar surface area (TPSA) is 108 Å². The molecule has 16 aromatic rings. The van der Waals surface area contributed by atoms with Crippen LogP contribution in [0.25, 0.3) is 65.4 Å². The van der Waals surface area contributed by atoms with Crippen LogP contribution < -0.4 is 30.1 Å². The van der Waals surface area contributed by atoms with Crippen molar-refractivity contribution in [1.82, 2.24) is 13.7 Å². The Morgan fingerprint density at radius 2 is 0.459 bits per heavy atom. The first kappa shape index (κ1) is 99.6. The molecular weight excluding hydrogens is 1630 g/mol. The summed E-state index contributed by atoms with van der Waals surface area (Å²) in [6, 6.07) is 112. The van der Waals surface area contributed by atoms with E-state index in [0.29, 0.717) is 5.92 Å². The molecule has 13 aromatic carbocycles. The van der Waals surface area contributed by atoms with Crippen molar-refractivity contribution in [1.29, 1.82) is 0 Å². The van der Waals surface area contributed by atoms with Gasteiger partial charge in [-0.25, -0.2) is 0 Å². The smallest absolute Gasteiger partial charge is 0.0590 e. The molecule has 0 saturated carbocycles. The zero-order chi connectivity index (χ0) is 90.0. The summed E-state index contributed by atoms with van der Waals surface area (Å²) in [5, 5.41) is 47.3. The minimum atomic E-state index is 0. The van der Waals surface area contributed by atoms with Crippen molar-refractivity contribution >= 4 is 137 Å². The molecule has 0 aliphatic carbocycles. The van der Waals surface area contributed by atoms with Gasteiger partial charge in [-0.05, 0) is 216 Å². The highest BCUT2D eigenvalue weighted by atomic mass is 15.5. The molecule has 0 bridgehead atoms. The van der Waals surface area contributed by atoms with E-state index < -0.39 is 0 Å². The van der Waals surface area contributed by atoms with Crippen LogP contribution >= 0.6 is 0 Å². The van der Waals surface area contributed by atoms with Crippen LogP contribution in [0.1, 0.15) is 191 Å². The normalized spacial score (nSPS) is 11.7. The van der Waals surface area contributed by atoms with E-state index in [-0.39, 0.29) is 22.3 Å². The molecule has 0 spiro atoms. The second-order valence-corrected chi connectivity index (χ2v) is 34.1. The maximum Gasteiger partial charge on any atom is 0.0590 e. The first-order valence-corrected chi connectivity index (χ1v) is 47.0. The van der Waals surface area contributed by atoms with Crippen LogP contribution in [0.2, 0.25) is 0 Å². The molecule has 16 rings (SSSR count). The number of rotatable bonds is 41. The Morgan fingerprint density at radius 3 is 0.699 bits per heavy atom. The molecule has 15 nitrogen and oxygen atoms in total. The van der Waals surface area contributed by atoms with E-state index in [2.05, 4.69) is 247 Å². The monoisotopic (exact) mass is 1770 g/mol. The summed E-state index contributed by atoms with van der Waals surface area (Å²) in [6.45, 7) is 9.91. The maximum atomic E-state index is 4.74. The van der Waals surface area contributed by atoms with Crippen LogP contribution in [0.4, 0.5) is 34.1 Å². The van der Waals surface area contributed by atoms with E-state index in [1.54, 1.807) is 0 Å². The fourth-order valence-electron chi connectivity index (χ4n) is 17.1. The van der Waals surface area contributed by atoms with Crippen LogP contribution in [-0.4, -0.2) is 93.3 Å². The second kappa shape index (κ2) is 51.6. The number of nitrogens with zero attached hydrogens (tertiary/aromatic N) is 15. The van der Waals surface area contributed by atoms with Gasteiger partial charge in [0.2, 0.25) is 0 Å². The van der Waals surface area contributed by atoms with Crippen molar-refractivity contribution in [2.24, 2.45) is 36.5 Å². The first-order valence-electron chi connectivity index (χ1n) is 47.0. The molecule has 1 unspecified atom stereocenters. The molecule has 15 heteroatoms. The average molecular weight is 1770 g/mol. The summed E-state index contributed by atoms with van der Waals surface area (Å²) >= 11 is 0. The van der Waals surface area contributed by atoms with E-state index in [1.807, 2.05) is 219 Å². The standard InChI is InChI=1S/C42H53N5.C37H35N5.C36H41N5.3CH4/c1-4-5-6-7-8-9-10-11-12-13-14-21-30-47-41-28-26-35(33-43-45(2)37-22-17-15-18-23-37)31-39(41)40-32-36(27-29-42(40)47)34-44-46(3)38-24-19-16-20-25-38;1-40(32-16-8-4-9-17-32)38-27-30-20-22-36-34(25-30)35-26-31(28-39-41(2)33-18-10-5-11-19-33)21-23-37(35)42(36)24-12-15-29-13-6-3-7-14-29;1-5-7-14-28(6-2)27-41-35-21-19-29(25-37-39(3)31-15-10-8-11-16-31)23-33(35)34-24-30(20-22-36(34)41)26-38-40(4)32-17-12-9-13-18-32;;;/h15-20,22-29,31-34H,4-14,21,30H2,1-3H3;3-11,13-14,16-23,25-28H,12,15,24H2,1-2H3;8-13,15-26,28H,5-7,14,27H2,1-4H3;3*1H4/b43-33+,44-34+;38-27+,39-28+;37-25+,38-26+;;;. The predicted octanol–water partition coefficient (Wildman–Crippen LogP) is 30.7. The maximum absolute atomic E-state index is 4.74. The molecule has 0 amide bonds. The quantitative estimate of drug-likeness (QED) is 0.0215. The van der Waals surface area contributed by atoms with Gasteiger partial charge in [-0.3, -0.25) is 30.1 Å².